The van der Waals surface area contributed by atoms with E-state index in [1.54, 1.807) is 7.05 Å². The lowest BCUT2D eigenvalue weighted by Gasteiger charge is -2.14. The summed E-state index contributed by atoms with van der Waals surface area (Å²) in [5.74, 6) is 2.38. The van der Waals surface area contributed by atoms with Crippen LogP contribution >= 0.6 is 24.0 Å². The minimum absolute atomic E-state index is 0. The number of pyridine rings is 1. The third kappa shape index (κ3) is 5.94. The number of rotatable bonds is 7. The van der Waals surface area contributed by atoms with Crippen LogP contribution in [0.25, 0.3) is 5.65 Å². The van der Waals surface area contributed by atoms with Gasteiger partial charge in [-0.3, -0.25) is 9.39 Å². The van der Waals surface area contributed by atoms with Gasteiger partial charge in [0.15, 0.2) is 17.4 Å². The molecule has 0 saturated carbocycles. The first-order chi connectivity index (χ1) is 14.8. The fourth-order valence-corrected chi connectivity index (χ4v) is 3.12. The van der Waals surface area contributed by atoms with Crippen molar-refractivity contribution in [3.63, 3.8) is 0 Å². The predicted octanol–water partition coefficient (Wildman–Crippen LogP) is 3.79. The van der Waals surface area contributed by atoms with Crippen molar-refractivity contribution in [2.75, 3.05) is 7.05 Å². The van der Waals surface area contributed by atoms with Crippen molar-refractivity contribution in [1.29, 1.82) is 0 Å². The number of nitrogens with one attached hydrogen (secondary N) is 2. The van der Waals surface area contributed by atoms with Gasteiger partial charge in [-0.1, -0.05) is 48.5 Å². The molecular weight excluding hydrogens is 503 g/mol. The average Bonchev–Trinajstić information content (AvgIpc) is 3.22. The maximum Gasteiger partial charge on any atom is 0.191 e. The van der Waals surface area contributed by atoms with Gasteiger partial charge in [0.2, 0.25) is 0 Å². The van der Waals surface area contributed by atoms with Gasteiger partial charge >= 0.3 is 0 Å². The van der Waals surface area contributed by atoms with Crippen LogP contribution in [0.1, 0.15) is 17.0 Å². The molecule has 2 aromatic carbocycles. The van der Waals surface area contributed by atoms with Crippen molar-refractivity contribution in [3.8, 4) is 5.75 Å². The molecule has 0 aliphatic carbocycles. The fourth-order valence-electron chi connectivity index (χ4n) is 3.12. The zero-order chi connectivity index (χ0) is 20.6. The highest BCUT2D eigenvalue weighted by atomic mass is 127. The molecule has 0 radical (unpaired) electrons. The highest BCUT2D eigenvalue weighted by molar-refractivity contribution is 14.0. The number of nitrogens with zero attached hydrogens (tertiary/aromatic N) is 4. The summed E-state index contributed by atoms with van der Waals surface area (Å²) in [5, 5.41) is 15.1. The second-order valence-corrected chi connectivity index (χ2v) is 6.69. The Kier molecular flexibility index (Phi) is 8.22. The molecule has 2 N–H and O–H groups in total. The molecule has 0 spiro atoms. The molecule has 0 fully saturated rings. The van der Waals surface area contributed by atoms with Gasteiger partial charge < -0.3 is 15.4 Å². The third-order valence-electron chi connectivity index (χ3n) is 4.72. The molecule has 0 bridgehead atoms. The summed E-state index contributed by atoms with van der Waals surface area (Å²) >= 11 is 0. The lowest BCUT2D eigenvalue weighted by Crippen LogP contribution is -2.37. The van der Waals surface area contributed by atoms with E-state index in [-0.39, 0.29) is 24.0 Å². The number of halogens is 1. The molecule has 31 heavy (non-hydrogen) atoms. The van der Waals surface area contributed by atoms with Crippen molar-refractivity contribution < 1.29 is 4.74 Å². The number of hydrogen-bond acceptors (Lipinski definition) is 4. The molecule has 2 aromatic heterocycles. The van der Waals surface area contributed by atoms with E-state index in [4.69, 9.17) is 4.74 Å². The van der Waals surface area contributed by atoms with Crippen LogP contribution in [-0.2, 0) is 19.7 Å². The topological polar surface area (TPSA) is 75.8 Å². The number of aliphatic imine (C=N–C) groups is 1. The van der Waals surface area contributed by atoms with Gasteiger partial charge in [0.05, 0.1) is 6.54 Å². The summed E-state index contributed by atoms with van der Waals surface area (Å²) < 4.78 is 7.87. The van der Waals surface area contributed by atoms with Crippen molar-refractivity contribution >= 4 is 35.6 Å². The van der Waals surface area contributed by atoms with Gasteiger partial charge in [-0.15, -0.1) is 34.2 Å². The highest BCUT2D eigenvalue weighted by Gasteiger charge is 2.07. The molecule has 0 aliphatic rings. The molecule has 0 aliphatic heterocycles. The molecule has 160 valence electrons. The Hall–Kier alpha value is -3.14. The number of aromatic nitrogens is 3. The first-order valence-corrected chi connectivity index (χ1v) is 9.81. The van der Waals surface area contributed by atoms with E-state index in [0.717, 1.165) is 28.3 Å². The summed E-state index contributed by atoms with van der Waals surface area (Å²) in [4.78, 5) is 4.31. The van der Waals surface area contributed by atoms with E-state index >= 15 is 0 Å². The second kappa shape index (κ2) is 11.3. The van der Waals surface area contributed by atoms with Gasteiger partial charge in [0.25, 0.3) is 0 Å². The normalized spacial score (nSPS) is 11.1. The smallest absolute Gasteiger partial charge is 0.191 e. The number of ether oxygens (including phenoxy) is 1. The second-order valence-electron chi connectivity index (χ2n) is 6.69. The van der Waals surface area contributed by atoms with Crippen LogP contribution in [0.15, 0.2) is 84.0 Å². The molecule has 4 aromatic rings. The SMILES string of the molecule is CN=C(NCc1ccccc1COc1ccccc1)NCc1nnc2ccccn12.I. The van der Waals surface area contributed by atoms with Crippen molar-refractivity contribution in [1.82, 2.24) is 25.2 Å². The van der Waals surface area contributed by atoms with Gasteiger partial charge in [0, 0.05) is 19.8 Å². The molecule has 4 rings (SSSR count). The van der Waals surface area contributed by atoms with Gasteiger partial charge in [-0.2, -0.15) is 0 Å². The van der Waals surface area contributed by atoms with E-state index in [2.05, 4.69) is 38.0 Å². The molecule has 2 heterocycles. The van der Waals surface area contributed by atoms with Gasteiger partial charge in [-0.05, 0) is 35.4 Å². The number of hydrogen-bond donors (Lipinski definition) is 2. The van der Waals surface area contributed by atoms with Crippen molar-refractivity contribution in [3.05, 3.63) is 95.9 Å². The molecule has 7 nitrogen and oxygen atoms in total. The Labute approximate surface area is 198 Å². The monoisotopic (exact) mass is 528 g/mol. The van der Waals surface area contributed by atoms with Crippen molar-refractivity contribution in [2.45, 2.75) is 19.7 Å². The van der Waals surface area contributed by atoms with Crippen LogP contribution in [0.2, 0.25) is 0 Å². The Morgan fingerprint density at radius 3 is 2.39 bits per heavy atom. The number of para-hydroxylation sites is 1. The minimum atomic E-state index is 0. The Balaban J connectivity index is 0.00000272. The Morgan fingerprint density at radius 2 is 1.58 bits per heavy atom. The standard InChI is InChI=1S/C23H24N6O.HI/c1-24-23(26-16-22-28-27-21-13-7-8-14-29(21)22)25-15-18-9-5-6-10-19(18)17-30-20-11-3-2-4-12-20;/h2-14H,15-17H2,1H3,(H2,24,25,26);1H. The molecule has 0 saturated heterocycles. The zero-order valence-electron chi connectivity index (χ0n) is 17.2. The van der Waals surface area contributed by atoms with Crippen LogP contribution in [-0.4, -0.2) is 27.6 Å². The first kappa shape index (κ1) is 22.5. The summed E-state index contributed by atoms with van der Waals surface area (Å²) in [6.45, 7) is 1.66. The maximum atomic E-state index is 5.91. The molecule has 0 unspecified atom stereocenters. The predicted molar refractivity (Wildman–Crippen MR) is 133 cm³/mol. The van der Waals surface area contributed by atoms with Gasteiger partial charge in [-0.25, -0.2) is 0 Å². The van der Waals surface area contributed by atoms with Crippen molar-refractivity contribution in [2.24, 2.45) is 4.99 Å². The van der Waals surface area contributed by atoms with Crippen LogP contribution < -0.4 is 15.4 Å². The average molecular weight is 528 g/mol. The summed E-state index contributed by atoms with van der Waals surface area (Å²) in [5.41, 5.74) is 3.11. The molecule has 8 heteroatoms. The van der Waals surface area contributed by atoms with E-state index in [0.29, 0.717) is 25.7 Å². The number of guanidine groups is 1. The van der Waals surface area contributed by atoms with Crippen LogP contribution in [0.5, 0.6) is 5.75 Å². The summed E-state index contributed by atoms with van der Waals surface area (Å²) in [7, 11) is 1.75. The minimum Gasteiger partial charge on any atom is -0.489 e. The van der Waals surface area contributed by atoms with E-state index in [1.807, 2.05) is 71.3 Å². The van der Waals surface area contributed by atoms with Crippen LogP contribution in [0, 0.1) is 0 Å². The fraction of sp³-hybridized carbons (Fsp3) is 0.174. The quantitative estimate of drug-likeness (QED) is 0.217. The molecule has 0 amide bonds. The van der Waals surface area contributed by atoms with Crippen LogP contribution in [0.4, 0.5) is 0 Å². The Bertz CT molecular complexity index is 1130. The van der Waals surface area contributed by atoms with E-state index in [1.165, 1.54) is 0 Å². The summed E-state index contributed by atoms with van der Waals surface area (Å²) in [6, 6.07) is 23.9. The van der Waals surface area contributed by atoms with E-state index < -0.39 is 0 Å². The third-order valence-corrected chi connectivity index (χ3v) is 4.72. The molecule has 0 atom stereocenters. The van der Waals surface area contributed by atoms with E-state index in [9.17, 15) is 0 Å². The zero-order valence-corrected chi connectivity index (χ0v) is 19.6. The number of fused-ring (bicyclic) bond motifs is 1. The lowest BCUT2D eigenvalue weighted by molar-refractivity contribution is 0.305. The first-order valence-electron chi connectivity index (χ1n) is 9.81. The maximum absolute atomic E-state index is 5.91. The summed E-state index contributed by atoms with van der Waals surface area (Å²) in [6.07, 6.45) is 1.95. The largest absolute Gasteiger partial charge is 0.489 e. The molecular formula is C23H25IN6O. The van der Waals surface area contributed by atoms with Crippen LogP contribution in [0.3, 0.4) is 0 Å². The number of benzene rings is 2. The van der Waals surface area contributed by atoms with Gasteiger partial charge in [0.1, 0.15) is 12.4 Å². The Morgan fingerprint density at radius 1 is 0.871 bits per heavy atom. The lowest BCUT2D eigenvalue weighted by atomic mass is 10.1. The highest BCUT2D eigenvalue weighted by Crippen LogP contribution is 2.14.